The molecule has 2 N–H and O–H groups in total. The van der Waals surface area contributed by atoms with Gasteiger partial charge in [-0.3, -0.25) is 0 Å². The van der Waals surface area contributed by atoms with Crippen molar-refractivity contribution < 1.29 is 5.11 Å². The first-order valence-corrected chi connectivity index (χ1v) is 7.60. The molecular weight excluding hydrogens is 242 g/mol. The van der Waals surface area contributed by atoms with E-state index < -0.39 is 0 Å². The highest BCUT2D eigenvalue weighted by molar-refractivity contribution is 7.99. The number of aliphatic hydroxyl groups excluding tert-OH is 1. The summed E-state index contributed by atoms with van der Waals surface area (Å²) < 4.78 is 0. The van der Waals surface area contributed by atoms with Crippen LogP contribution in [-0.2, 0) is 0 Å². The second kappa shape index (κ2) is 10.2. The lowest BCUT2D eigenvalue weighted by Gasteiger charge is -2.05. The fourth-order valence-corrected chi connectivity index (χ4v) is 2.41. The molecule has 0 aliphatic rings. The Bertz CT molecular complexity index is 338. The van der Waals surface area contributed by atoms with Crippen LogP contribution in [0, 0.1) is 0 Å². The predicted octanol–water partition coefficient (Wildman–Crippen LogP) is 2.80. The van der Waals surface area contributed by atoms with Crippen molar-refractivity contribution in [3.8, 4) is 0 Å². The van der Waals surface area contributed by atoms with Crippen molar-refractivity contribution in [3.05, 3.63) is 41.5 Å². The van der Waals surface area contributed by atoms with Gasteiger partial charge in [0.15, 0.2) is 0 Å². The first-order chi connectivity index (χ1) is 8.83. The van der Waals surface area contributed by atoms with Crippen LogP contribution in [0.15, 0.2) is 35.9 Å². The van der Waals surface area contributed by atoms with Crippen LogP contribution in [0.4, 0.5) is 0 Å². The minimum absolute atomic E-state index is 0.305. The van der Waals surface area contributed by atoms with Gasteiger partial charge in [0.2, 0.25) is 0 Å². The van der Waals surface area contributed by atoms with Gasteiger partial charge < -0.3 is 10.4 Å². The number of aliphatic hydroxyl groups is 1. The third-order valence-electron chi connectivity index (χ3n) is 2.49. The van der Waals surface area contributed by atoms with Gasteiger partial charge in [0.25, 0.3) is 0 Å². The molecule has 0 saturated carbocycles. The van der Waals surface area contributed by atoms with E-state index in [1.54, 1.807) is 0 Å². The van der Waals surface area contributed by atoms with E-state index in [4.69, 9.17) is 5.11 Å². The Labute approximate surface area is 114 Å². The van der Waals surface area contributed by atoms with Crippen LogP contribution in [0.25, 0.3) is 6.08 Å². The molecule has 100 valence electrons. The molecule has 0 radical (unpaired) electrons. The summed E-state index contributed by atoms with van der Waals surface area (Å²) in [6.07, 6.45) is 3.11. The van der Waals surface area contributed by atoms with Crippen molar-refractivity contribution >= 4 is 17.8 Å². The monoisotopic (exact) mass is 265 g/mol. The molecular formula is C15H23NOS. The lowest BCUT2D eigenvalue weighted by atomic mass is 10.1. The van der Waals surface area contributed by atoms with Gasteiger partial charge in [-0.25, -0.2) is 0 Å². The summed E-state index contributed by atoms with van der Waals surface area (Å²) >= 11 is 1.89. The van der Waals surface area contributed by atoms with E-state index in [-0.39, 0.29) is 0 Å². The van der Waals surface area contributed by atoms with Crippen molar-refractivity contribution in [2.45, 2.75) is 13.3 Å². The maximum absolute atomic E-state index is 8.65. The molecule has 2 nitrogen and oxygen atoms in total. The van der Waals surface area contributed by atoms with E-state index in [9.17, 15) is 0 Å². The Kier molecular flexibility index (Phi) is 8.65. The first-order valence-electron chi connectivity index (χ1n) is 6.44. The summed E-state index contributed by atoms with van der Waals surface area (Å²) in [7, 11) is 0. The third kappa shape index (κ3) is 7.54. The molecule has 3 heteroatoms. The van der Waals surface area contributed by atoms with E-state index in [2.05, 4.69) is 42.6 Å². The Morgan fingerprint density at radius 2 is 2.06 bits per heavy atom. The molecule has 0 saturated heterocycles. The van der Waals surface area contributed by atoms with E-state index in [1.165, 1.54) is 11.1 Å². The van der Waals surface area contributed by atoms with Crippen molar-refractivity contribution in [2.24, 2.45) is 0 Å². The zero-order valence-electron chi connectivity index (χ0n) is 11.1. The second-order valence-corrected chi connectivity index (χ2v) is 5.49. The molecule has 0 unspecified atom stereocenters. The number of rotatable bonds is 9. The summed E-state index contributed by atoms with van der Waals surface area (Å²) in [4.78, 5) is 0. The molecule has 0 aliphatic carbocycles. The topological polar surface area (TPSA) is 32.3 Å². The standard InChI is InChI=1S/C15H23NOS/c1-14(12-15-6-3-2-4-7-15)13-16-8-11-18-10-5-9-17/h2-4,6-7,12,16-17H,5,8-11,13H2,1H3/b14-12-. The van der Waals surface area contributed by atoms with Crippen LogP contribution in [-0.4, -0.2) is 36.3 Å². The van der Waals surface area contributed by atoms with Crippen LogP contribution in [0.3, 0.4) is 0 Å². The number of thioether (sulfide) groups is 1. The number of hydrogen-bond acceptors (Lipinski definition) is 3. The molecule has 0 fully saturated rings. The SMILES string of the molecule is C/C(=C/c1ccccc1)CNCCSCCCO. The normalized spacial score (nSPS) is 11.8. The van der Waals surface area contributed by atoms with Gasteiger partial charge in [0.05, 0.1) is 0 Å². The van der Waals surface area contributed by atoms with Crippen LogP contribution in [0.2, 0.25) is 0 Å². The summed E-state index contributed by atoms with van der Waals surface area (Å²) in [5, 5.41) is 12.1. The molecule has 1 rings (SSSR count). The van der Waals surface area contributed by atoms with Gasteiger partial charge in [0.1, 0.15) is 0 Å². The maximum Gasteiger partial charge on any atom is 0.0438 e. The molecule has 0 atom stereocenters. The predicted molar refractivity (Wildman–Crippen MR) is 82.0 cm³/mol. The molecule has 0 spiro atoms. The van der Waals surface area contributed by atoms with Crippen molar-refractivity contribution in [1.82, 2.24) is 5.32 Å². The molecule has 0 aromatic heterocycles. The average Bonchev–Trinajstić information content (AvgIpc) is 2.39. The molecule has 0 amide bonds. The van der Waals surface area contributed by atoms with E-state index in [0.29, 0.717) is 6.61 Å². The minimum atomic E-state index is 0.305. The summed E-state index contributed by atoms with van der Waals surface area (Å²) in [6, 6.07) is 10.4. The van der Waals surface area contributed by atoms with Crippen molar-refractivity contribution in [3.63, 3.8) is 0 Å². The smallest absolute Gasteiger partial charge is 0.0438 e. The summed E-state index contributed by atoms with van der Waals surface area (Å²) in [6.45, 7) is 4.42. The second-order valence-electron chi connectivity index (χ2n) is 4.27. The van der Waals surface area contributed by atoms with Gasteiger partial charge in [-0.2, -0.15) is 11.8 Å². The highest BCUT2D eigenvalue weighted by Gasteiger charge is 1.92. The van der Waals surface area contributed by atoms with E-state index >= 15 is 0 Å². The molecule has 18 heavy (non-hydrogen) atoms. The lowest BCUT2D eigenvalue weighted by molar-refractivity contribution is 0.296. The lowest BCUT2D eigenvalue weighted by Crippen LogP contribution is -2.19. The van der Waals surface area contributed by atoms with Crippen molar-refractivity contribution in [1.29, 1.82) is 0 Å². The number of hydrogen-bond donors (Lipinski definition) is 2. The number of benzene rings is 1. The summed E-state index contributed by atoms with van der Waals surface area (Å²) in [5.41, 5.74) is 2.61. The van der Waals surface area contributed by atoms with Crippen LogP contribution >= 0.6 is 11.8 Å². The third-order valence-corrected chi connectivity index (χ3v) is 3.56. The fraction of sp³-hybridized carbons (Fsp3) is 0.467. The minimum Gasteiger partial charge on any atom is -0.396 e. The quantitative estimate of drug-likeness (QED) is 0.673. The van der Waals surface area contributed by atoms with Gasteiger partial charge in [-0.15, -0.1) is 0 Å². The molecule has 0 aliphatic heterocycles. The van der Waals surface area contributed by atoms with Gasteiger partial charge >= 0.3 is 0 Å². The van der Waals surface area contributed by atoms with Crippen LogP contribution < -0.4 is 5.32 Å². The number of nitrogens with one attached hydrogen (secondary N) is 1. The Hall–Kier alpha value is -0.770. The highest BCUT2D eigenvalue weighted by Crippen LogP contribution is 2.05. The molecule has 1 aromatic rings. The van der Waals surface area contributed by atoms with Gasteiger partial charge in [-0.1, -0.05) is 42.0 Å². The molecule has 0 bridgehead atoms. The van der Waals surface area contributed by atoms with Gasteiger partial charge in [0, 0.05) is 25.4 Å². The Morgan fingerprint density at radius 1 is 1.28 bits per heavy atom. The fourth-order valence-electron chi connectivity index (χ4n) is 1.58. The maximum atomic E-state index is 8.65. The summed E-state index contributed by atoms with van der Waals surface area (Å²) in [5.74, 6) is 2.16. The first kappa shape index (κ1) is 15.3. The van der Waals surface area contributed by atoms with E-state index in [1.807, 2.05) is 17.8 Å². The highest BCUT2D eigenvalue weighted by atomic mass is 32.2. The Balaban J connectivity index is 2.10. The van der Waals surface area contributed by atoms with Crippen LogP contribution in [0.5, 0.6) is 0 Å². The molecule has 0 heterocycles. The van der Waals surface area contributed by atoms with E-state index in [0.717, 1.165) is 31.0 Å². The zero-order chi connectivity index (χ0) is 13.1. The largest absolute Gasteiger partial charge is 0.396 e. The van der Waals surface area contributed by atoms with Crippen molar-refractivity contribution in [2.75, 3.05) is 31.2 Å². The van der Waals surface area contributed by atoms with Crippen LogP contribution in [0.1, 0.15) is 18.9 Å². The Morgan fingerprint density at radius 3 is 2.78 bits per heavy atom. The average molecular weight is 265 g/mol. The zero-order valence-corrected chi connectivity index (χ0v) is 11.9. The van der Waals surface area contributed by atoms with Gasteiger partial charge in [-0.05, 0) is 24.7 Å². The molecule has 1 aromatic carbocycles.